The number of para-hydroxylation sites is 1. The number of fused-ring (bicyclic) bond motifs is 1. The van der Waals surface area contributed by atoms with E-state index in [1.54, 1.807) is 6.92 Å². The average Bonchev–Trinajstić information content (AvgIpc) is 2.83. The number of ether oxygens (including phenoxy) is 2. The molecule has 1 atom stereocenters. The smallest absolute Gasteiger partial charge is 0.419 e. The summed E-state index contributed by atoms with van der Waals surface area (Å²) < 4.78 is 12.6. The lowest BCUT2D eigenvalue weighted by atomic mass is 10.2. The van der Waals surface area contributed by atoms with E-state index in [0.29, 0.717) is 12.2 Å². The van der Waals surface area contributed by atoms with Crippen LogP contribution in [0.3, 0.4) is 0 Å². The quantitative estimate of drug-likeness (QED) is 0.775. The highest BCUT2D eigenvalue weighted by atomic mass is 79.9. The Labute approximate surface area is 155 Å². The van der Waals surface area contributed by atoms with Crippen molar-refractivity contribution >= 4 is 38.9 Å². The van der Waals surface area contributed by atoms with E-state index in [1.165, 1.54) is 11.7 Å². The number of halogens is 1. The highest BCUT2D eigenvalue weighted by Crippen LogP contribution is 2.31. The second-order valence-corrected chi connectivity index (χ2v) is 7.51. The fourth-order valence-corrected chi connectivity index (χ4v) is 3.09. The van der Waals surface area contributed by atoms with Gasteiger partial charge in [-0.25, -0.2) is 9.36 Å². The molecule has 0 spiro atoms. The minimum absolute atomic E-state index is 0.296. The number of nitrogens with one attached hydrogen (secondary N) is 1. The molecular weight excluding hydrogens is 388 g/mol. The molecule has 2 aromatic rings. The molecule has 0 aliphatic heterocycles. The molecule has 0 aliphatic rings. The van der Waals surface area contributed by atoms with Crippen LogP contribution in [0.15, 0.2) is 28.7 Å². The normalized spacial score (nSPS) is 12.9. The first-order valence-corrected chi connectivity index (χ1v) is 8.77. The van der Waals surface area contributed by atoms with Crippen molar-refractivity contribution in [2.75, 3.05) is 7.11 Å². The van der Waals surface area contributed by atoms with Gasteiger partial charge in [0.05, 0.1) is 18.3 Å². The zero-order valence-corrected chi connectivity index (χ0v) is 16.6. The van der Waals surface area contributed by atoms with Crippen molar-refractivity contribution in [3.8, 4) is 0 Å². The second kappa shape index (κ2) is 7.58. The minimum atomic E-state index is -0.612. The number of benzene rings is 1. The molecular formula is C18H23BrN2O4. The zero-order valence-electron chi connectivity index (χ0n) is 15.1. The van der Waals surface area contributed by atoms with Crippen LogP contribution in [-0.4, -0.2) is 35.4 Å². The summed E-state index contributed by atoms with van der Waals surface area (Å²) >= 11 is 3.57. The predicted octanol–water partition coefficient (Wildman–Crippen LogP) is 3.84. The molecule has 1 aromatic carbocycles. The van der Waals surface area contributed by atoms with Crippen molar-refractivity contribution in [2.45, 2.75) is 45.9 Å². The van der Waals surface area contributed by atoms with Crippen LogP contribution in [0.5, 0.6) is 0 Å². The van der Waals surface area contributed by atoms with Gasteiger partial charge in [0.15, 0.2) is 0 Å². The number of hydrogen-bond donors (Lipinski definition) is 1. The van der Waals surface area contributed by atoms with Gasteiger partial charge >= 0.3 is 12.1 Å². The number of nitrogens with zero attached hydrogens (tertiary/aromatic N) is 1. The molecule has 0 aliphatic carbocycles. The Bertz CT molecular complexity index is 792. The fraction of sp³-hybridized carbons (Fsp3) is 0.444. The van der Waals surface area contributed by atoms with Crippen LogP contribution in [0.25, 0.3) is 10.9 Å². The second-order valence-electron chi connectivity index (χ2n) is 6.72. The maximum absolute atomic E-state index is 12.7. The predicted molar refractivity (Wildman–Crippen MR) is 99.6 cm³/mol. The molecule has 0 fully saturated rings. The Morgan fingerprint density at radius 2 is 1.92 bits per heavy atom. The number of carbonyl (C=O) groups excluding carboxylic acids is 2. The number of rotatable bonds is 4. The molecule has 25 heavy (non-hydrogen) atoms. The van der Waals surface area contributed by atoms with Gasteiger partial charge in [-0.1, -0.05) is 18.2 Å². The molecule has 0 bridgehead atoms. The Morgan fingerprint density at radius 1 is 1.28 bits per heavy atom. The SMILES string of the molecule is COC(=O)[C@H](C)NCc1c(Br)c2ccccc2n1C(=O)OC(C)(C)C. The van der Waals surface area contributed by atoms with E-state index in [0.717, 1.165) is 15.4 Å². The van der Waals surface area contributed by atoms with E-state index in [1.807, 2.05) is 45.0 Å². The average molecular weight is 411 g/mol. The van der Waals surface area contributed by atoms with Gasteiger partial charge < -0.3 is 9.47 Å². The molecule has 0 saturated heterocycles. The maximum Gasteiger partial charge on any atom is 0.419 e. The van der Waals surface area contributed by atoms with Gasteiger partial charge in [-0.2, -0.15) is 0 Å². The van der Waals surface area contributed by atoms with Crippen LogP contribution in [0.2, 0.25) is 0 Å². The van der Waals surface area contributed by atoms with Gasteiger partial charge in [0, 0.05) is 16.4 Å². The van der Waals surface area contributed by atoms with E-state index < -0.39 is 17.7 Å². The van der Waals surface area contributed by atoms with E-state index in [2.05, 4.69) is 21.2 Å². The third kappa shape index (κ3) is 4.41. The van der Waals surface area contributed by atoms with Gasteiger partial charge in [-0.05, 0) is 49.7 Å². The number of hydrogen-bond acceptors (Lipinski definition) is 5. The third-order valence-corrected chi connectivity index (χ3v) is 4.50. The number of aromatic nitrogens is 1. The topological polar surface area (TPSA) is 69.6 Å². The monoisotopic (exact) mass is 410 g/mol. The highest BCUT2D eigenvalue weighted by Gasteiger charge is 2.25. The molecule has 0 saturated carbocycles. The Balaban J connectivity index is 2.44. The van der Waals surface area contributed by atoms with Crippen molar-refractivity contribution in [3.05, 3.63) is 34.4 Å². The van der Waals surface area contributed by atoms with Crippen molar-refractivity contribution in [1.29, 1.82) is 0 Å². The minimum Gasteiger partial charge on any atom is -0.468 e. The standard InChI is InChI=1S/C18H23BrN2O4/c1-11(16(22)24-5)20-10-14-15(19)12-8-6-7-9-13(12)21(14)17(23)25-18(2,3)4/h6-9,11,20H,10H2,1-5H3/t11-/m0/s1. The van der Waals surface area contributed by atoms with Crippen LogP contribution in [0.1, 0.15) is 33.4 Å². The molecule has 136 valence electrons. The molecule has 1 heterocycles. The van der Waals surface area contributed by atoms with E-state index in [9.17, 15) is 9.59 Å². The lowest BCUT2D eigenvalue weighted by Crippen LogP contribution is -2.36. The van der Waals surface area contributed by atoms with Gasteiger partial charge in [0.1, 0.15) is 11.6 Å². The van der Waals surface area contributed by atoms with Crippen molar-refractivity contribution in [2.24, 2.45) is 0 Å². The van der Waals surface area contributed by atoms with Gasteiger partial charge in [0.2, 0.25) is 0 Å². The number of methoxy groups -OCH3 is 1. The summed E-state index contributed by atoms with van der Waals surface area (Å²) in [5.74, 6) is -0.365. The Morgan fingerprint density at radius 3 is 2.52 bits per heavy atom. The summed E-state index contributed by atoms with van der Waals surface area (Å²) in [4.78, 5) is 24.3. The number of carbonyl (C=O) groups is 2. The molecule has 1 aromatic heterocycles. The first-order chi connectivity index (χ1) is 11.7. The molecule has 0 radical (unpaired) electrons. The molecule has 2 rings (SSSR count). The fourth-order valence-electron chi connectivity index (χ4n) is 2.44. The molecule has 0 unspecified atom stereocenters. The van der Waals surface area contributed by atoms with Crippen molar-refractivity contribution in [3.63, 3.8) is 0 Å². The lowest BCUT2D eigenvalue weighted by molar-refractivity contribution is -0.142. The van der Waals surface area contributed by atoms with Gasteiger partial charge in [0.25, 0.3) is 0 Å². The first-order valence-electron chi connectivity index (χ1n) is 7.98. The van der Waals surface area contributed by atoms with Crippen LogP contribution in [0, 0.1) is 0 Å². The largest absolute Gasteiger partial charge is 0.468 e. The van der Waals surface area contributed by atoms with Crippen LogP contribution in [-0.2, 0) is 20.8 Å². The molecule has 7 heteroatoms. The lowest BCUT2D eigenvalue weighted by Gasteiger charge is -2.21. The summed E-state index contributed by atoms with van der Waals surface area (Å²) in [5, 5.41) is 3.98. The van der Waals surface area contributed by atoms with E-state index >= 15 is 0 Å². The first kappa shape index (κ1) is 19.5. The Kier molecular flexibility index (Phi) is 5.90. The molecule has 0 amide bonds. The van der Waals surface area contributed by atoms with Crippen LogP contribution >= 0.6 is 15.9 Å². The van der Waals surface area contributed by atoms with E-state index in [-0.39, 0.29) is 5.97 Å². The summed E-state index contributed by atoms with van der Waals surface area (Å²) in [6.45, 7) is 7.47. The highest BCUT2D eigenvalue weighted by molar-refractivity contribution is 9.10. The molecule has 1 N–H and O–H groups in total. The van der Waals surface area contributed by atoms with Crippen molar-refractivity contribution < 1.29 is 19.1 Å². The van der Waals surface area contributed by atoms with Crippen molar-refractivity contribution in [1.82, 2.24) is 9.88 Å². The van der Waals surface area contributed by atoms with Gasteiger partial charge in [-0.3, -0.25) is 10.1 Å². The zero-order chi connectivity index (χ0) is 18.8. The summed E-state index contributed by atoms with van der Waals surface area (Å²) in [6, 6.07) is 7.05. The van der Waals surface area contributed by atoms with E-state index in [4.69, 9.17) is 9.47 Å². The van der Waals surface area contributed by atoms with Crippen LogP contribution < -0.4 is 5.32 Å². The maximum atomic E-state index is 12.7. The Hall–Kier alpha value is -1.86. The summed E-state index contributed by atoms with van der Waals surface area (Å²) in [5.41, 5.74) is 0.816. The summed E-state index contributed by atoms with van der Waals surface area (Å²) in [7, 11) is 1.34. The third-order valence-electron chi connectivity index (χ3n) is 3.61. The van der Waals surface area contributed by atoms with Crippen LogP contribution in [0.4, 0.5) is 4.79 Å². The van der Waals surface area contributed by atoms with Gasteiger partial charge in [-0.15, -0.1) is 0 Å². The molecule has 6 nitrogen and oxygen atoms in total. The summed E-state index contributed by atoms with van der Waals surface area (Å²) in [6.07, 6.45) is -0.461. The number of esters is 1.